The standard InChI is InChI=1S/C15H22N6/c16-9-8-11-4-6-12(7-5-11)20-14(17)13-3-1-2-10-21(13)15(18)19/h1,3-7,13H,2,8-10,16H2,(H2,17,20)(H3,18,19). The highest BCUT2D eigenvalue weighted by molar-refractivity contribution is 5.93. The number of hydrogen-bond acceptors (Lipinski definition) is 3. The van der Waals surface area contributed by atoms with Crippen LogP contribution in [0.2, 0.25) is 0 Å². The van der Waals surface area contributed by atoms with Crippen molar-refractivity contribution in [3.63, 3.8) is 0 Å². The first kappa shape index (κ1) is 15.1. The van der Waals surface area contributed by atoms with Gasteiger partial charge in [0.1, 0.15) is 11.9 Å². The Balaban J connectivity index is 2.17. The van der Waals surface area contributed by atoms with Crippen LogP contribution in [0.4, 0.5) is 5.69 Å². The lowest BCUT2D eigenvalue weighted by Crippen LogP contribution is -2.51. The van der Waals surface area contributed by atoms with E-state index < -0.39 is 0 Å². The highest BCUT2D eigenvalue weighted by Gasteiger charge is 2.22. The maximum absolute atomic E-state index is 7.61. The fraction of sp³-hybridized carbons (Fsp3) is 0.333. The molecule has 0 spiro atoms. The van der Waals surface area contributed by atoms with E-state index in [0.717, 1.165) is 18.5 Å². The molecule has 1 aliphatic heterocycles. The van der Waals surface area contributed by atoms with Crippen LogP contribution in [0.1, 0.15) is 12.0 Å². The molecule has 6 nitrogen and oxygen atoms in total. The second kappa shape index (κ2) is 6.90. The van der Waals surface area contributed by atoms with Crippen LogP contribution in [-0.4, -0.2) is 35.8 Å². The van der Waals surface area contributed by atoms with Gasteiger partial charge in [0.2, 0.25) is 0 Å². The Labute approximate surface area is 124 Å². The number of nitrogens with two attached hydrogens (primary N) is 3. The third kappa shape index (κ3) is 3.82. The summed E-state index contributed by atoms with van der Waals surface area (Å²) in [4.78, 5) is 6.17. The number of amidine groups is 1. The largest absolute Gasteiger partial charge is 0.385 e. The molecule has 0 amide bonds. The molecule has 0 bridgehead atoms. The molecule has 2 rings (SSSR count). The van der Waals surface area contributed by atoms with Crippen LogP contribution < -0.4 is 17.2 Å². The van der Waals surface area contributed by atoms with Gasteiger partial charge in [-0.15, -0.1) is 0 Å². The summed E-state index contributed by atoms with van der Waals surface area (Å²) in [5, 5.41) is 7.61. The predicted molar refractivity (Wildman–Crippen MR) is 86.6 cm³/mol. The van der Waals surface area contributed by atoms with Crippen molar-refractivity contribution < 1.29 is 0 Å². The average molecular weight is 286 g/mol. The lowest BCUT2D eigenvalue weighted by Gasteiger charge is -2.32. The van der Waals surface area contributed by atoms with Crippen molar-refractivity contribution in [3.8, 4) is 0 Å². The molecule has 0 fully saturated rings. The first-order chi connectivity index (χ1) is 10.1. The zero-order valence-electron chi connectivity index (χ0n) is 12.0. The molecule has 112 valence electrons. The molecule has 1 heterocycles. The molecule has 1 aromatic carbocycles. The van der Waals surface area contributed by atoms with E-state index in [1.807, 2.05) is 36.4 Å². The minimum Gasteiger partial charge on any atom is -0.385 e. The van der Waals surface area contributed by atoms with Crippen molar-refractivity contribution in [3.05, 3.63) is 42.0 Å². The van der Waals surface area contributed by atoms with Crippen LogP contribution in [0.15, 0.2) is 41.4 Å². The zero-order valence-corrected chi connectivity index (χ0v) is 12.0. The normalized spacial score (nSPS) is 18.8. The van der Waals surface area contributed by atoms with Gasteiger partial charge in [-0.1, -0.05) is 24.3 Å². The van der Waals surface area contributed by atoms with E-state index in [2.05, 4.69) is 4.99 Å². The molecule has 0 radical (unpaired) electrons. The fourth-order valence-corrected chi connectivity index (χ4v) is 2.33. The minimum absolute atomic E-state index is 0.0146. The van der Waals surface area contributed by atoms with Crippen LogP contribution in [0.5, 0.6) is 0 Å². The van der Waals surface area contributed by atoms with Crippen LogP contribution in [0.3, 0.4) is 0 Å². The van der Waals surface area contributed by atoms with E-state index >= 15 is 0 Å². The third-order valence-electron chi connectivity index (χ3n) is 3.43. The lowest BCUT2D eigenvalue weighted by atomic mass is 10.1. The average Bonchev–Trinajstić information content (AvgIpc) is 2.49. The number of nitrogens with zero attached hydrogens (tertiary/aromatic N) is 2. The molecule has 0 aromatic heterocycles. The summed E-state index contributed by atoms with van der Waals surface area (Å²) in [6, 6.07) is 7.59. The molecule has 1 atom stereocenters. The molecule has 7 N–H and O–H groups in total. The molecule has 0 aliphatic carbocycles. The number of aliphatic imine (C=N–C) groups is 1. The predicted octanol–water partition coefficient (Wildman–Crippen LogP) is 0.700. The summed E-state index contributed by atoms with van der Waals surface area (Å²) in [6.07, 6.45) is 5.68. The Hall–Kier alpha value is -2.34. The second-order valence-corrected chi connectivity index (χ2v) is 4.98. The number of nitrogens with one attached hydrogen (secondary N) is 1. The SMILES string of the molecule is N=C(N)N1CCC=CC1C(N)=Nc1ccc(CCN)cc1. The summed E-state index contributed by atoms with van der Waals surface area (Å²) >= 11 is 0. The Kier molecular flexibility index (Phi) is 4.94. The number of benzene rings is 1. The smallest absolute Gasteiger partial charge is 0.189 e. The van der Waals surface area contributed by atoms with Crippen molar-refractivity contribution in [2.75, 3.05) is 13.1 Å². The maximum Gasteiger partial charge on any atom is 0.189 e. The van der Waals surface area contributed by atoms with Crippen molar-refractivity contribution >= 4 is 17.5 Å². The number of rotatable bonds is 4. The Morgan fingerprint density at radius 2 is 2.00 bits per heavy atom. The second-order valence-electron chi connectivity index (χ2n) is 4.98. The molecule has 1 aliphatic rings. The Bertz CT molecular complexity index is 546. The fourth-order valence-electron chi connectivity index (χ4n) is 2.33. The van der Waals surface area contributed by atoms with Crippen molar-refractivity contribution in [1.82, 2.24) is 4.90 Å². The third-order valence-corrected chi connectivity index (χ3v) is 3.43. The molecule has 0 saturated carbocycles. The molecule has 6 heteroatoms. The number of hydrogen-bond donors (Lipinski definition) is 4. The van der Waals surface area contributed by atoms with Gasteiger partial charge in [0.25, 0.3) is 0 Å². The molecular formula is C15H22N6. The van der Waals surface area contributed by atoms with Gasteiger partial charge in [-0.2, -0.15) is 0 Å². The maximum atomic E-state index is 7.61. The van der Waals surface area contributed by atoms with Crippen molar-refractivity contribution in [2.24, 2.45) is 22.2 Å². The first-order valence-corrected chi connectivity index (χ1v) is 7.02. The van der Waals surface area contributed by atoms with E-state index in [1.165, 1.54) is 5.56 Å². The van der Waals surface area contributed by atoms with E-state index in [9.17, 15) is 0 Å². The van der Waals surface area contributed by atoms with Crippen molar-refractivity contribution in [2.45, 2.75) is 18.9 Å². The highest BCUT2D eigenvalue weighted by atomic mass is 15.3. The van der Waals surface area contributed by atoms with Crippen LogP contribution in [0.25, 0.3) is 0 Å². The van der Waals surface area contributed by atoms with Gasteiger partial charge in [-0.05, 0) is 37.1 Å². The molecule has 1 unspecified atom stereocenters. The summed E-state index contributed by atoms with van der Waals surface area (Å²) in [6.45, 7) is 1.31. The first-order valence-electron chi connectivity index (χ1n) is 7.02. The molecule has 1 aromatic rings. The zero-order chi connectivity index (χ0) is 15.2. The topological polar surface area (TPSA) is 118 Å². The summed E-state index contributed by atoms with van der Waals surface area (Å²) in [5.41, 5.74) is 19.2. The monoisotopic (exact) mass is 286 g/mol. The van der Waals surface area contributed by atoms with E-state index in [4.69, 9.17) is 22.6 Å². The van der Waals surface area contributed by atoms with Crippen LogP contribution in [0, 0.1) is 5.41 Å². The minimum atomic E-state index is -0.250. The van der Waals surface area contributed by atoms with Gasteiger partial charge >= 0.3 is 0 Å². The Morgan fingerprint density at radius 3 is 2.62 bits per heavy atom. The van der Waals surface area contributed by atoms with Gasteiger partial charge in [0, 0.05) is 6.54 Å². The quantitative estimate of drug-likeness (QED) is 0.370. The lowest BCUT2D eigenvalue weighted by molar-refractivity contribution is 0.401. The van der Waals surface area contributed by atoms with Gasteiger partial charge in [-0.3, -0.25) is 5.41 Å². The van der Waals surface area contributed by atoms with Crippen LogP contribution >= 0.6 is 0 Å². The molecule has 0 saturated heterocycles. The van der Waals surface area contributed by atoms with Gasteiger partial charge in [-0.25, -0.2) is 4.99 Å². The summed E-state index contributed by atoms with van der Waals surface area (Å²) in [7, 11) is 0. The summed E-state index contributed by atoms with van der Waals surface area (Å²) < 4.78 is 0. The van der Waals surface area contributed by atoms with Crippen LogP contribution in [-0.2, 0) is 6.42 Å². The molecular weight excluding hydrogens is 264 g/mol. The van der Waals surface area contributed by atoms with E-state index in [1.54, 1.807) is 4.90 Å². The van der Waals surface area contributed by atoms with Gasteiger partial charge in [0.05, 0.1) is 5.69 Å². The number of guanidine groups is 1. The Morgan fingerprint density at radius 1 is 1.29 bits per heavy atom. The van der Waals surface area contributed by atoms with Gasteiger partial charge < -0.3 is 22.1 Å². The van der Waals surface area contributed by atoms with Gasteiger partial charge in [0.15, 0.2) is 5.96 Å². The van der Waals surface area contributed by atoms with E-state index in [-0.39, 0.29) is 12.0 Å². The molecule has 21 heavy (non-hydrogen) atoms. The highest BCUT2D eigenvalue weighted by Crippen LogP contribution is 2.16. The van der Waals surface area contributed by atoms with Crippen molar-refractivity contribution in [1.29, 1.82) is 5.41 Å². The van der Waals surface area contributed by atoms with E-state index in [0.29, 0.717) is 18.9 Å². The summed E-state index contributed by atoms with van der Waals surface area (Å²) in [5.74, 6) is 0.452.